The second-order valence-electron chi connectivity index (χ2n) is 3.97. The molecule has 4 nitrogen and oxygen atoms in total. The van der Waals surface area contributed by atoms with Crippen molar-refractivity contribution in [2.45, 2.75) is 26.3 Å². The maximum absolute atomic E-state index is 11.1. The van der Waals surface area contributed by atoms with Crippen molar-refractivity contribution in [3.8, 4) is 0 Å². The number of likely N-dealkylation sites (tertiary alicyclic amines) is 1. The average Bonchev–Trinajstić information content (AvgIpc) is 2.22. The average molecular weight is 205 g/mol. The predicted molar refractivity (Wildman–Crippen MR) is 56.3 cm³/mol. The molecule has 80 valence electrons. The molecule has 0 aromatic carbocycles. The number of hydrogen-bond acceptors (Lipinski definition) is 4. The second-order valence-corrected chi connectivity index (χ2v) is 3.97. The highest BCUT2D eigenvalue weighted by molar-refractivity contribution is 5.79. The SMILES string of the molecule is Cc1cncc(CN2CCC(=O)CC2)n1. The van der Waals surface area contributed by atoms with Crippen LogP contribution in [0, 0.1) is 6.92 Å². The molecule has 1 aromatic heterocycles. The van der Waals surface area contributed by atoms with Gasteiger partial charge >= 0.3 is 0 Å². The molecule has 0 saturated carbocycles. The van der Waals surface area contributed by atoms with E-state index in [1.54, 1.807) is 12.4 Å². The summed E-state index contributed by atoms with van der Waals surface area (Å²) in [5.41, 5.74) is 1.94. The first-order valence-corrected chi connectivity index (χ1v) is 5.25. The van der Waals surface area contributed by atoms with Crippen molar-refractivity contribution >= 4 is 5.78 Å². The molecule has 0 radical (unpaired) electrons. The minimum absolute atomic E-state index is 0.376. The Bertz CT molecular complexity index is 355. The summed E-state index contributed by atoms with van der Waals surface area (Å²) in [7, 11) is 0. The number of aryl methyl sites for hydroxylation is 1. The van der Waals surface area contributed by atoms with E-state index in [1.165, 1.54) is 0 Å². The van der Waals surface area contributed by atoms with Gasteiger partial charge in [0.15, 0.2) is 0 Å². The fraction of sp³-hybridized carbons (Fsp3) is 0.545. The Hall–Kier alpha value is -1.29. The molecule has 0 N–H and O–H groups in total. The second kappa shape index (κ2) is 4.49. The molecule has 0 unspecified atom stereocenters. The van der Waals surface area contributed by atoms with E-state index in [0.29, 0.717) is 18.6 Å². The molecular weight excluding hydrogens is 190 g/mol. The lowest BCUT2D eigenvalue weighted by Gasteiger charge is -2.25. The molecule has 0 aliphatic carbocycles. The van der Waals surface area contributed by atoms with E-state index >= 15 is 0 Å². The molecule has 4 heteroatoms. The van der Waals surface area contributed by atoms with Gasteiger partial charge in [0.2, 0.25) is 0 Å². The molecule has 1 fully saturated rings. The van der Waals surface area contributed by atoms with E-state index in [0.717, 1.165) is 31.0 Å². The topological polar surface area (TPSA) is 46.1 Å². The van der Waals surface area contributed by atoms with Crippen molar-refractivity contribution in [3.05, 3.63) is 23.8 Å². The van der Waals surface area contributed by atoms with Gasteiger partial charge in [-0.25, -0.2) is 0 Å². The van der Waals surface area contributed by atoms with Crippen molar-refractivity contribution in [2.75, 3.05) is 13.1 Å². The van der Waals surface area contributed by atoms with Crippen LogP contribution in [0.2, 0.25) is 0 Å². The van der Waals surface area contributed by atoms with Crippen molar-refractivity contribution in [3.63, 3.8) is 0 Å². The number of aromatic nitrogens is 2. The van der Waals surface area contributed by atoms with Gasteiger partial charge in [0.05, 0.1) is 11.4 Å². The van der Waals surface area contributed by atoms with Crippen LogP contribution in [-0.2, 0) is 11.3 Å². The van der Waals surface area contributed by atoms with Gasteiger partial charge in [-0.05, 0) is 6.92 Å². The van der Waals surface area contributed by atoms with Crippen LogP contribution < -0.4 is 0 Å². The number of nitrogens with zero attached hydrogens (tertiary/aromatic N) is 3. The van der Waals surface area contributed by atoms with Gasteiger partial charge in [-0.1, -0.05) is 0 Å². The summed E-state index contributed by atoms with van der Waals surface area (Å²) in [4.78, 5) is 21.8. The van der Waals surface area contributed by atoms with Gasteiger partial charge in [-0.3, -0.25) is 19.7 Å². The molecule has 0 spiro atoms. The number of rotatable bonds is 2. The molecule has 1 saturated heterocycles. The first-order valence-electron chi connectivity index (χ1n) is 5.25. The van der Waals surface area contributed by atoms with Gasteiger partial charge in [-0.15, -0.1) is 0 Å². The lowest BCUT2D eigenvalue weighted by Crippen LogP contribution is -2.33. The third kappa shape index (κ3) is 2.83. The van der Waals surface area contributed by atoms with E-state index < -0.39 is 0 Å². The Morgan fingerprint density at radius 3 is 2.73 bits per heavy atom. The number of Topliss-reactive ketones (excluding diaryl/α,β-unsaturated/α-hetero) is 1. The summed E-state index contributed by atoms with van der Waals surface area (Å²) in [6.07, 6.45) is 4.91. The fourth-order valence-electron chi connectivity index (χ4n) is 1.78. The molecule has 15 heavy (non-hydrogen) atoms. The van der Waals surface area contributed by atoms with E-state index in [-0.39, 0.29) is 0 Å². The van der Waals surface area contributed by atoms with Crippen molar-refractivity contribution in [2.24, 2.45) is 0 Å². The number of ketones is 1. The maximum atomic E-state index is 11.1. The zero-order valence-electron chi connectivity index (χ0n) is 8.94. The Morgan fingerprint density at radius 2 is 2.07 bits per heavy atom. The van der Waals surface area contributed by atoms with Crippen LogP contribution >= 0.6 is 0 Å². The molecular formula is C11H15N3O. The van der Waals surface area contributed by atoms with Gasteiger partial charge in [0, 0.05) is 44.9 Å². The van der Waals surface area contributed by atoms with E-state index in [2.05, 4.69) is 14.9 Å². The minimum atomic E-state index is 0.376. The molecule has 0 atom stereocenters. The minimum Gasteiger partial charge on any atom is -0.300 e. The quantitative estimate of drug-likeness (QED) is 0.721. The monoisotopic (exact) mass is 205 g/mol. The summed E-state index contributed by atoms with van der Waals surface area (Å²) in [6, 6.07) is 0. The van der Waals surface area contributed by atoms with E-state index in [1.807, 2.05) is 6.92 Å². The molecule has 0 bridgehead atoms. The number of piperidine rings is 1. The zero-order valence-corrected chi connectivity index (χ0v) is 8.94. The van der Waals surface area contributed by atoms with Gasteiger partial charge in [0.25, 0.3) is 0 Å². The van der Waals surface area contributed by atoms with Crippen LogP contribution in [0.25, 0.3) is 0 Å². The third-order valence-corrected chi connectivity index (χ3v) is 2.60. The van der Waals surface area contributed by atoms with Crippen molar-refractivity contribution in [1.82, 2.24) is 14.9 Å². The zero-order chi connectivity index (χ0) is 10.7. The van der Waals surface area contributed by atoms with Gasteiger partial charge < -0.3 is 0 Å². The normalized spacial score (nSPS) is 18.1. The summed E-state index contributed by atoms with van der Waals surface area (Å²) in [5.74, 6) is 0.376. The lowest BCUT2D eigenvalue weighted by atomic mass is 10.1. The first-order chi connectivity index (χ1) is 7.24. The molecule has 0 amide bonds. The highest BCUT2D eigenvalue weighted by Crippen LogP contribution is 2.09. The van der Waals surface area contributed by atoms with E-state index in [4.69, 9.17) is 0 Å². The van der Waals surface area contributed by atoms with E-state index in [9.17, 15) is 4.79 Å². The lowest BCUT2D eigenvalue weighted by molar-refractivity contribution is -0.121. The fourth-order valence-corrected chi connectivity index (χ4v) is 1.78. The van der Waals surface area contributed by atoms with Gasteiger partial charge in [0.1, 0.15) is 5.78 Å². The number of carbonyl (C=O) groups is 1. The molecule has 1 aliphatic heterocycles. The van der Waals surface area contributed by atoms with Crippen molar-refractivity contribution < 1.29 is 4.79 Å². The van der Waals surface area contributed by atoms with Crippen molar-refractivity contribution in [1.29, 1.82) is 0 Å². The summed E-state index contributed by atoms with van der Waals surface area (Å²) in [6.45, 7) is 4.46. The molecule has 1 aliphatic rings. The molecule has 2 rings (SSSR count). The Morgan fingerprint density at radius 1 is 1.33 bits per heavy atom. The number of hydrogen-bond donors (Lipinski definition) is 0. The Labute approximate surface area is 89.3 Å². The third-order valence-electron chi connectivity index (χ3n) is 2.60. The smallest absolute Gasteiger partial charge is 0.135 e. The first kappa shape index (κ1) is 10.2. The molecule has 2 heterocycles. The summed E-state index contributed by atoms with van der Waals surface area (Å²) in [5, 5.41) is 0. The van der Waals surface area contributed by atoms with Crippen LogP contribution in [-0.4, -0.2) is 33.7 Å². The standard InChI is InChI=1S/C11H15N3O/c1-9-6-12-7-10(13-9)8-14-4-2-11(15)3-5-14/h6-7H,2-5,8H2,1H3. The predicted octanol–water partition coefficient (Wildman–Crippen LogP) is 0.950. The van der Waals surface area contributed by atoms with Crippen LogP contribution in [0.1, 0.15) is 24.2 Å². The maximum Gasteiger partial charge on any atom is 0.135 e. The Kier molecular flexibility index (Phi) is 3.06. The largest absolute Gasteiger partial charge is 0.300 e. The number of carbonyl (C=O) groups excluding carboxylic acids is 1. The van der Waals surface area contributed by atoms with Crippen LogP contribution in [0.3, 0.4) is 0 Å². The summed E-state index contributed by atoms with van der Waals surface area (Å²) < 4.78 is 0. The highest BCUT2D eigenvalue weighted by Gasteiger charge is 2.16. The molecule has 1 aromatic rings. The summed E-state index contributed by atoms with van der Waals surface area (Å²) >= 11 is 0. The Balaban J connectivity index is 1.94. The van der Waals surface area contributed by atoms with Gasteiger partial charge in [-0.2, -0.15) is 0 Å². The van der Waals surface area contributed by atoms with Crippen LogP contribution in [0.4, 0.5) is 0 Å². The van der Waals surface area contributed by atoms with Crippen LogP contribution in [0.5, 0.6) is 0 Å². The highest BCUT2D eigenvalue weighted by atomic mass is 16.1. The van der Waals surface area contributed by atoms with Crippen LogP contribution in [0.15, 0.2) is 12.4 Å².